The highest BCUT2D eigenvalue weighted by Gasteiger charge is 2.10. The average Bonchev–Trinajstić information content (AvgIpc) is 2.48. The summed E-state index contributed by atoms with van der Waals surface area (Å²) in [7, 11) is 0. The molecule has 0 saturated heterocycles. The lowest BCUT2D eigenvalue weighted by Gasteiger charge is -2.06. The lowest BCUT2D eigenvalue weighted by molar-refractivity contribution is -0.115. The summed E-state index contributed by atoms with van der Waals surface area (Å²) in [6.45, 7) is 0. The number of rotatable bonds is 6. The van der Waals surface area contributed by atoms with Crippen LogP contribution in [0.4, 0.5) is 5.69 Å². The minimum atomic E-state index is -0.952. The molecule has 0 unspecified atom stereocenters. The first-order valence-electron chi connectivity index (χ1n) is 6.47. The molecule has 2 N–H and O–H groups in total. The van der Waals surface area contributed by atoms with Crippen LogP contribution < -0.4 is 5.32 Å². The molecule has 1 amide bonds. The number of carbonyl (C=O) groups excluding carboxylic acids is 1. The van der Waals surface area contributed by atoms with Gasteiger partial charge in [-0.2, -0.15) is 0 Å². The smallest absolute Gasteiger partial charge is 0.336 e. The van der Waals surface area contributed by atoms with E-state index in [1.54, 1.807) is 24.3 Å². The third-order valence-electron chi connectivity index (χ3n) is 2.76. The fraction of sp³-hybridized carbons (Fsp3) is 0.125. The molecule has 0 bridgehead atoms. The molecule has 21 heavy (non-hydrogen) atoms. The number of hydrogen-bond acceptors (Lipinski definition) is 3. The summed E-state index contributed by atoms with van der Waals surface area (Å²) in [5, 5.41) is 11.9. The van der Waals surface area contributed by atoms with E-state index in [0.717, 1.165) is 5.69 Å². The summed E-state index contributed by atoms with van der Waals surface area (Å²) in [4.78, 5) is 23.5. The van der Waals surface area contributed by atoms with Crippen LogP contribution in [0.25, 0.3) is 0 Å². The van der Waals surface area contributed by atoms with Crippen LogP contribution in [0.15, 0.2) is 59.5 Å². The molecule has 0 atom stereocenters. The minimum absolute atomic E-state index is 0.0819. The van der Waals surface area contributed by atoms with Crippen LogP contribution in [0.1, 0.15) is 16.8 Å². The van der Waals surface area contributed by atoms with Crippen molar-refractivity contribution in [2.45, 2.75) is 11.3 Å². The maximum Gasteiger partial charge on any atom is 0.336 e. The van der Waals surface area contributed by atoms with Gasteiger partial charge in [-0.3, -0.25) is 4.79 Å². The number of thioether (sulfide) groups is 1. The second-order valence-corrected chi connectivity index (χ2v) is 5.45. The zero-order valence-corrected chi connectivity index (χ0v) is 12.1. The van der Waals surface area contributed by atoms with Crippen molar-refractivity contribution in [2.75, 3.05) is 11.1 Å². The summed E-state index contributed by atoms with van der Waals surface area (Å²) in [5.41, 5.74) is 1.03. The van der Waals surface area contributed by atoms with E-state index in [-0.39, 0.29) is 11.5 Å². The number of aromatic carboxylic acids is 1. The van der Waals surface area contributed by atoms with Crippen molar-refractivity contribution < 1.29 is 14.7 Å². The van der Waals surface area contributed by atoms with E-state index in [9.17, 15) is 9.59 Å². The highest BCUT2D eigenvalue weighted by molar-refractivity contribution is 7.99. The summed E-state index contributed by atoms with van der Waals surface area (Å²) in [5.74, 6) is -0.503. The number of carboxylic acid groups (broad SMARTS) is 1. The number of hydrogen-bond donors (Lipinski definition) is 2. The average molecular weight is 301 g/mol. The Balaban J connectivity index is 1.84. The summed E-state index contributed by atoms with van der Waals surface area (Å²) < 4.78 is 0. The Morgan fingerprint density at radius 2 is 1.67 bits per heavy atom. The van der Waals surface area contributed by atoms with E-state index in [1.165, 1.54) is 11.8 Å². The van der Waals surface area contributed by atoms with Crippen molar-refractivity contribution in [3.05, 3.63) is 60.2 Å². The predicted molar refractivity (Wildman–Crippen MR) is 83.8 cm³/mol. The van der Waals surface area contributed by atoms with Gasteiger partial charge in [0.1, 0.15) is 0 Å². The Morgan fingerprint density at radius 1 is 1.00 bits per heavy atom. The zero-order chi connectivity index (χ0) is 15.1. The van der Waals surface area contributed by atoms with Gasteiger partial charge in [-0.1, -0.05) is 30.3 Å². The SMILES string of the molecule is O=C(CCSc1ccccc1C(=O)O)Nc1ccccc1. The molecule has 0 aromatic heterocycles. The second kappa shape index (κ2) is 7.50. The fourth-order valence-corrected chi connectivity index (χ4v) is 2.76. The molecule has 0 aliphatic heterocycles. The maximum atomic E-state index is 11.8. The molecule has 0 fully saturated rings. The van der Waals surface area contributed by atoms with Crippen LogP contribution in [0.5, 0.6) is 0 Å². The van der Waals surface area contributed by atoms with E-state index < -0.39 is 5.97 Å². The number of amides is 1. The normalized spacial score (nSPS) is 10.1. The molecular weight excluding hydrogens is 286 g/mol. The second-order valence-electron chi connectivity index (χ2n) is 4.31. The predicted octanol–water partition coefficient (Wildman–Crippen LogP) is 3.51. The van der Waals surface area contributed by atoms with Crippen molar-refractivity contribution in [3.8, 4) is 0 Å². The van der Waals surface area contributed by atoms with Gasteiger partial charge in [0.05, 0.1) is 5.56 Å². The topological polar surface area (TPSA) is 66.4 Å². The van der Waals surface area contributed by atoms with E-state index in [0.29, 0.717) is 17.1 Å². The van der Waals surface area contributed by atoms with E-state index >= 15 is 0 Å². The largest absolute Gasteiger partial charge is 0.478 e. The highest BCUT2D eigenvalue weighted by atomic mass is 32.2. The molecule has 2 aromatic carbocycles. The van der Waals surface area contributed by atoms with Gasteiger partial charge in [0.15, 0.2) is 0 Å². The van der Waals surface area contributed by atoms with Crippen LogP contribution >= 0.6 is 11.8 Å². The van der Waals surface area contributed by atoms with Crippen molar-refractivity contribution in [1.82, 2.24) is 0 Å². The molecule has 2 rings (SSSR count). The first-order valence-corrected chi connectivity index (χ1v) is 7.45. The zero-order valence-electron chi connectivity index (χ0n) is 11.3. The number of nitrogens with one attached hydrogen (secondary N) is 1. The number of anilines is 1. The summed E-state index contributed by atoms with van der Waals surface area (Å²) in [6.07, 6.45) is 0.327. The number of carbonyl (C=O) groups is 2. The van der Waals surface area contributed by atoms with Gasteiger partial charge >= 0.3 is 5.97 Å². The third-order valence-corrected chi connectivity index (χ3v) is 3.84. The Kier molecular flexibility index (Phi) is 5.40. The van der Waals surface area contributed by atoms with Gasteiger partial charge in [-0.05, 0) is 24.3 Å². The molecule has 0 aliphatic rings. The van der Waals surface area contributed by atoms with Crippen molar-refractivity contribution in [2.24, 2.45) is 0 Å². The first-order chi connectivity index (χ1) is 10.2. The molecular formula is C16H15NO3S. The monoisotopic (exact) mass is 301 g/mol. The Morgan fingerprint density at radius 3 is 2.38 bits per heavy atom. The van der Waals surface area contributed by atoms with Crippen LogP contribution in [0, 0.1) is 0 Å². The quantitative estimate of drug-likeness (QED) is 0.801. The van der Waals surface area contributed by atoms with Crippen molar-refractivity contribution >= 4 is 29.3 Å². The number of carboxylic acids is 1. The van der Waals surface area contributed by atoms with Crippen LogP contribution in [-0.4, -0.2) is 22.7 Å². The van der Waals surface area contributed by atoms with Gasteiger partial charge in [0.2, 0.25) is 5.91 Å². The molecule has 0 heterocycles. The van der Waals surface area contributed by atoms with Gasteiger partial charge in [0.25, 0.3) is 0 Å². The molecule has 5 heteroatoms. The lowest BCUT2D eigenvalue weighted by Crippen LogP contribution is -2.12. The Hall–Kier alpha value is -2.27. The van der Waals surface area contributed by atoms with Gasteiger partial charge in [-0.25, -0.2) is 4.79 Å². The van der Waals surface area contributed by atoms with E-state index in [2.05, 4.69) is 5.32 Å². The molecule has 4 nitrogen and oxygen atoms in total. The van der Waals surface area contributed by atoms with Crippen LogP contribution in [0.3, 0.4) is 0 Å². The molecule has 0 saturated carbocycles. The third kappa shape index (κ3) is 4.65. The molecule has 0 aliphatic carbocycles. The number of benzene rings is 2. The standard InChI is InChI=1S/C16H15NO3S/c18-15(17-12-6-2-1-3-7-12)10-11-21-14-9-5-4-8-13(14)16(19)20/h1-9H,10-11H2,(H,17,18)(H,19,20). The maximum absolute atomic E-state index is 11.8. The van der Waals surface area contributed by atoms with E-state index in [4.69, 9.17) is 5.11 Å². The van der Waals surface area contributed by atoms with Gasteiger partial charge < -0.3 is 10.4 Å². The van der Waals surface area contributed by atoms with Crippen molar-refractivity contribution in [1.29, 1.82) is 0 Å². The molecule has 2 aromatic rings. The van der Waals surface area contributed by atoms with Gasteiger partial charge in [0, 0.05) is 22.8 Å². The van der Waals surface area contributed by atoms with E-state index in [1.807, 2.05) is 30.3 Å². The summed E-state index contributed by atoms with van der Waals surface area (Å²) >= 11 is 1.37. The van der Waals surface area contributed by atoms with Crippen molar-refractivity contribution in [3.63, 3.8) is 0 Å². The van der Waals surface area contributed by atoms with Gasteiger partial charge in [-0.15, -0.1) is 11.8 Å². The Bertz CT molecular complexity index is 628. The Labute approximate surface area is 127 Å². The lowest BCUT2D eigenvalue weighted by atomic mass is 10.2. The van der Waals surface area contributed by atoms with Crippen LogP contribution in [0.2, 0.25) is 0 Å². The molecule has 0 spiro atoms. The molecule has 0 radical (unpaired) electrons. The summed E-state index contributed by atoms with van der Waals surface area (Å²) in [6, 6.07) is 16.0. The fourth-order valence-electron chi connectivity index (χ4n) is 1.77. The molecule has 108 valence electrons. The highest BCUT2D eigenvalue weighted by Crippen LogP contribution is 2.23. The van der Waals surface area contributed by atoms with Crippen LogP contribution in [-0.2, 0) is 4.79 Å². The number of para-hydroxylation sites is 1. The minimum Gasteiger partial charge on any atom is -0.478 e. The first kappa shape index (κ1) is 15.1.